The molecule has 0 bridgehead atoms. The van der Waals surface area contributed by atoms with Crippen LogP contribution in [0, 0.1) is 16.6 Å². The fraction of sp³-hybridized carbons (Fsp3) is 0.391. The summed E-state index contributed by atoms with van der Waals surface area (Å²) in [5, 5.41) is 29.3. The first-order valence-electron chi connectivity index (χ1n) is 20.2. The van der Waals surface area contributed by atoms with E-state index in [1.807, 2.05) is 55.5 Å². The van der Waals surface area contributed by atoms with Crippen LogP contribution in [0.2, 0.25) is 5.15 Å². The molecule has 4 aromatic rings. The molecular formula is C46H57ClFN9O6. The first-order valence-corrected chi connectivity index (χ1v) is 20.6. The molecule has 2 heterocycles. The minimum atomic E-state index is -0.875. The number of carbonyl (C=O) groups excluding carboxylic acids is 3. The van der Waals surface area contributed by atoms with Crippen LogP contribution in [0.1, 0.15) is 100.0 Å². The third-order valence-electron chi connectivity index (χ3n) is 9.50. The molecule has 2 aromatic heterocycles. The van der Waals surface area contributed by atoms with Crippen LogP contribution in [-0.2, 0) is 32.9 Å². The van der Waals surface area contributed by atoms with Crippen LogP contribution < -0.4 is 30.7 Å². The Kier molecular flexibility index (Phi) is 16.8. The lowest BCUT2D eigenvalue weighted by Crippen LogP contribution is -2.40. The van der Waals surface area contributed by atoms with Crippen molar-refractivity contribution < 1.29 is 33.0 Å². The Balaban J connectivity index is 1.67. The highest BCUT2D eigenvalue weighted by molar-refractivity contribution is 6.43. The largest absolute Gasteiger partial charge is 0.485 e. The monoisotopic (exact) mass is 885 g/mol. The van der Waals surface area contributed by atoms with E-state index in [0.29, 0.717) is 28.8 Å². The lowest BCUT2D eigenvalue weighted by Gasteiger charge is -2.29. The molecule has 0 atom stereocenters. The summed E-state index contributed by atoms with van der Waals surface area (Å²) >= 11 is 5.92. The number of hydrogen-bond donors (Lipinski definition) is 6. The molecular weight excluding hydrogens is 829 g/mol. The quantitative estimate of drug-likeness (QED) is 0.0293. The maximum Gasteiger partial charge on any atom is 0.302 e. The number of anilines is 1. The normalized spacial score (nSPS) is 12.0. The van der Waals surface area contributed by atoms with Gasteiger partial charge in [0.05, 0.1) is 18.0 Å². The summed E-state index contributed by atoms with van der Waals surface area (Å²) in [5.41, 5.74) is -0.928. The fourth-order valence-corrected chi connectivity index (χ4v) is 6.77. The zero-order chi connectivity index (χ0) is 46.7. The lowest BCUT2D eigenvalue weighted by atomic mass is 9.81. The third kappa shape index (κ3) is 13.9. The van der Waals surface area contributed by atoms with E-state index in [1.54, 1.807) is 42.5 Å². The molecule has 17 heteroatoms. The number of rotatable bonds is 20. The van der Waals surface area contributed by atoms with Gasteiger partial charge in [0.2, 0.25) is 0 Å². The number of nitrogens with one attached hydrogen (secondary N) is 6. The predicted molar refractivity (Wildman–Crippen MR) is 244 cm³/mol. The molecule has 0 spiro atoms. The highest BCUT2D eigenvalue weighted by Crippen LogP contribution is 2.33. The molecule has 4 rings (SSSR count). The van der Waals surface area contributed by atoms with Crippen LogP contribution in [0.4, 0.5) is 15.9 Å². The van der Waals surface area contributed by atoms with Crippen LogP contribution >= 0.6 is 11.6 Å². The van der Waals surface area contributed by atoms with E-state index in [1.165, 1.54) is 32.4 Å². The first kappa shape index (κ1) is 49.6. The van der Waals surface area contributed by atoms with Crippen molar-refractivity contribution in [3.05, 3.63) is 105 Å². The van der Waals surface area contributed by atoms with Gasteiger partial charge < -0.3 is 46.3 Å². The molecule has 0 radical (unpaired) electrons. The Morgan fingerprint density at radius 2 is 1.56 bits per heavy atom. The number of ether oxygens (including phenoxy) is 3. The van der Waals surface area contributed by atoms with Gasteiger partial charge in [0.1, 0.15) is 46.0 Å². The Hall–Kier alpha value is -6.10. The second kappa shape index (κ2) is 21.3. The summed E-state index contributed by atoms with van der Waals surface area (Å²) in [4.78, 5) is 52.2. The van der Waals surface area contributed by atoms with Crippen molar-refractivity contribution in [3.63, 3.8) is 0 Å². The summed E-state index contributed by atoms with van der Waals surface area (Å²) in [5.74, 6) is -1.68. The number of hydrogen-bond acceptors (Lipinski definition) is 13. The number of aliphatic imine (C=N–C) groups is 1. The van der Waals surface area contributed by atoms with Crippen molar-refractivity contribution in [2.45, 2.75) is 91.6 Å². The molecule has 2 aromatic carbocycles. The zero-order valence-electron chi connectivity index (χ0n) is 37.4. The topological polar surface area (TPSA) is 213 Å². The Morgan fingerprint density at radius 1 is 0.905 bits per heavy atom. The molecule has 0 fully saturated rings. The Bertz CT molecular complexity index is 2340. The van der Waals surface area contributed by atoms with Crippen molar-refractivity contribution >= 4 is 58.5 Å². The highest BCUT2D eigenvalue weighted by atomic mass is 35.5. The number of esters is 1. The number of halogens is 2. The van der Waals surface area contributed by atoms with Crippen LogP contribution in [0.25, 0.3) is 0 Å². The number of carbonyl (C=O) groups is 3. The van der Waals surface area contributed by atoms with Crippen molar-refractivity contribution in [1.82, 2.24) is 25.9 Å². The molecule has 0 saturated heterocycles. The van der Waals surface area contributed by atoms with E-state index >= 15 is 4.39 Å². The molecule has 2 amide bonds. The average Bonchev–Trinajstić information content (AvgIpc) is 3.20. The minimum absolute atomic E-state index is 0.0184. The van der Waals surface area contributed by atoms with Gasteiger partial charge in [-0.25, -0.2) is 19.4 Å². The molecule has 6 N–H and O–H groups in total. The van der Waals surface area contributed by atoms with Crippen molar-refractivity contribution in [2.75, 3.05) is 32.5 Å². The number of likely N-dealkylation sites (N-methyl/N-ethyl adjacent to an activating group) is 1. The summed E-state index contributed by atoms with van der Waals surface area (Å²) in [6.45, 7) is 15.0. The van der Waals surface area contributed by atoms with Gasteiger partial charge in [0.15, 0.2) is 5.82 Å². The fourth-order valence-electron chi connectivity index (χ4n) is 6.66. The molecule has 0 unspecified atom stereocenters. The maximum absolute atomic E-state index is 17.0. The van der Waals surface area contributed by atoms with Crippen LogP contribution in [0.3, 0.4) is 0 Å². The number of benzene rings is 2. The lowest BCUT2D eigenvalue weighted by molar-refractivity contribution is -0.142. The van der Waals surface area contributed by atoms with Crippen LogP contribution in [0.15, 0.2) is 65.9 Å². The molecule has 15 nitrogen and oxygen atoms in total. The van der Waals surface area contributed by atoms with Gasteiger partial charge in [0, 0.05) is 79.9 Å². The van der Waals surface area contributed by atoms with E-state index in [4.69, 9.17) is 36.6 Å². The molecule has 0 aliphatic heterocycles. The summed E-state index contributed by atoms with van der Waals surface area (Å²) < 4.78 is 34.4. The Labute approximate surface area is 373 Å². The van der Waals surface area contributed by atoms with Crippen LogP contribution in [-0.4, -0.2) is 83.8 Å². The van der Waals surface area contributed by atoms with Crippen molar-refractivity contribution in [3.8, 4) is 11.5 Å². The van der Waals surface area contributed by atoms with E-state index in [-0.39, 0.29) is 76.9 Å². The Morgan fingerprint density at radius 3 is 2.11 bits per heavy atom. The smallest absolute Gasteiger partial charge is 0.302 e. The van der Waals surface area contributed by atoms with Gasteiger partial charge >= 0.3 is 5.97 Å². The molecule has 336 valence electrons. The molecule has 0 saturated carbocycles. The van der Waals surface area contributed by atoms with E-state index < -0.39 is 40.2 Å². The van der Waals surface area contributed by atoms with E-state index in [0.717, 1.165) is 6.21 Å². The van der Waals surface area contributed by atoms with Gasteiger partial charge in [-0.3, -0.25) is 14.4 Å². The number of amides is 2. The maximum atomic E-state index is 17.0. The van der Waals surface area contributed by atoms with Crippen molar-refractivity contribution in [1.29, 1.82) is 10.8 Å². The standard InChI is InChI=1S/C46H57ClFN9O6/c1-27(58)61-24-33-31(35(50)19-37(42(59)52-10)56-39-17-15-30(22-55-39)62-45(5,6)25-51-9)12-11-13-36(33)57-43(60)40-28(20-49)18-34(44(2,3)4)32(41(40)48)23-53-26-46(7,8)63-29-14-16-38(47)54-21-29/h11-18,20-22,49-51,53H,19,23-26H2,1-10H3,(H,52,59)(H,57,60). The summed E-state index contributed by atoms with van der Waals surface area (Å²) in [7, 11) is 3.26. The SMILES string of the molecule is CNCC(C)(C)Oc1ccc(N=C(CC(=N)c2cccc(NC(=O)c3c(C=N)cc(C(C)(C)C)c(CNCC(C)(C)Oc4ccc(Cl)nc4)c3F)c2COC(C)=O)C(=O)NC)nc1. The summed E-state index contributed by atoms with van der Waals surface area (Å²) in [6, 6.07) is 12.9. The second-order valence-electron chi connectivity index (χ2n) is 17.0. The first-order chi connectivity index (χ1) is 29.6. The second-order valence-corrected chi connectivity index (χ2v) is 17.3. The molecule has 0 aliphatic carbocycles. The van der Waals surface area contributed by atoms with Crippen LogP contribution in [0.5, 0.6) is 11.5 Å². The van der Waals surface area contributed by atoms with E-state index in [2.05, 4.69) is 36.2 Å². The van der Waals surface area contributed by atoms with Gasteiger partial charge in [-0.2, -0.15) is 0 Å². The van der Waals surface area contributed by atoms with Gasteiger partial charge in [0.25, 0.3) is 11.8 Å². The number of aromatic nitrogens is 2. The molecule has 0 aliphatic rings. The third-order valence-corrected chi connectivity index (χ3v) is 9.73. The van der Waals surface area contributed by atoms with Gasteiger partial charge in [-0.1, -0.05) is 44.5 Å². The average molecular weight is 886 g/mol. The summed E-state index contributed by atoms with van der Waals surface area (Å²) in [6.07, 6.45) is 3.65. The van der Waals surface area contributed by atoms with Crippen molar-refractivity contribution in [2.24, 2.45) is 4.99 Å². The molecule has 63 heavy (non-hydrogen) atoms. The zero-order valence-corrected chi connectivity index (χ0v) is 38.2. The number of pyridine rings is 2. The predicted octanol–water partition coefficient (Wildman–Crippen LogP) is 7.48. The highest BCUT2D eigenvalue weighted by Gasteiger charge is 2.30. The minimum Gasteiger partial charge on any atom is -0.485 e. The van der Waals surface area contributed by atoms with E-state index in [9.17, 15) is 14.4 Å². The van der Waals surface area contributed by atoms with Gasteiger partial charge in [-0.05, 0) is 82.1 Å². The van der Waals surface area contributed by atoms with Gasteiger partial charge in [-0.15, -0.1) is 0 Å². The number of nitrogens with zero attached hydrogens (tertiary/aromatic N) is 3.